The average Bonchev–Trinajstić information content (AvgIpc) is 3.48. The van der Waals surface area contributed by atoms with Crippen molar-refractivity contribution in [2.45, 2.75) is 356 Å². The average molecular weight is 1340 g/mol. The van der Waals surface area contributed by atoms with Gasteiger partial charge in [-0.15, -0.1) is 0 Å². The van der Waals surface area contributed by atoms with Crippen LogP contribution in [0.2, 0.25) is 0 Å². The second-order valence-electron chi connectivity index (χ2n) is 26.5. The summed E-state index contributed by atoms with van der Waals surface area (Å²) in [5, 5.41) is 10.6. The monoisotopic (exact) mass is 1330 g/mol. The van der Waals surface area contributed by atoms with Gasteiger partial charge >= 0.3 is 39.5 Å². The third kappa shape index (κ3) is 64.6. The zero-order valence-corrected chi connectivity index (χ0v) is 60.6. The Morgan fingerprint density at radius 1 is 0.363 bits per heavy atom. The van der Waals surface area contributed by atoms with Crippen LogP contribution in [-0.4, -0.2) is 96.7 Å². The van der Waals surface area contributed by atoms with Crippen molar-refractivity contribution in [3.8, 4) is 0 Å². The Balaban J connectivity index is 5.30. The van der Waals surface area contributed by atoms with Crippen LogP contribution < -0.4 is 0 Å². The molecule has 4 unspecified atom stereocenters. The van der Waals surface area contributed by atoms with E-state index in [9.17, 15) is 43.2 Å². The number of esters is 4. The zero-order chi connectivity index (χ0) is 67.3. The normalized spacial score (nSPS) is 14.6. The molecule has 0 aromatic rings. The van der Waals surface area contributed by atoms with E-state index in [4.69, 9.17) is 37.0 Å². The number of phosphoric acid groups is 2. The molecule has 0 bridgehead atoms. The molecule has 0 fully saturated rings. The number of unbranched alkanes of at least 4 members (excludes halogenated alkanes) is 32. The predicted octanol–water partition coefficient (Wildman–Crippen LogP) is 20.2. The van der Waals surface area contributed by atoms with Crippen molar-refractivity contribution in [1.29, 1.82) is 0 Å². The predicted molar refractivity (Wildman–Crippen MR) is 367 cm³/mol. The minimum absolute atomic E-state index is 0.0843. The quantitative estimate of drug-likeness (QED) is 0.0169. The summed E-state index contributed by atoms with van der Waals surface area (Å²) in [5.74, 6) is 0.0894. The van der Waals surface area contributed by atoms with Gasteiger partial charge in [0.25, 0.3) is 0 Å². The molecule has 17 nitrogen and oxygen atoms in total. The highest BCUT2D eigenvalue weighted by Gasteiger charge is 2.30. The fourth-order valence-electron chi connectivity index (χ4n) is 10.3. The number of aliphatic hydroxyl groups excluding tert-OH is 1. The van der Waals surface area contributed by atoms with Crippen molar-refractivity contribution < 1.29 is 80.2 Å². The zero-order valence-electron chi connectivity index (χ0n) is 58.8. The van der Waals surface area contributed by atoms with Crippen molar-refractivity contribution in [3.63, 3.8) is 0 Å². The first-order valence-corrected chi connectivity index (χ1v) is 39.7. The molecule has 0 heterocycles. The van der Waals surface area contributed by atoms with E-state index in [2.05, 4.69) is 72.8 Å². The van der Waals surface area contributed by atoms with E-state index in [0.717, 1.165) is 121 Å². The van der Waals surface area contributed by atoms with Gasteiger partial charge < -0.3 is 33.8 Å². The highest BCUT2D eigenvalue weighted by Crippen LogP contribution is 2.45. The summed E-state index contributed by atoms with van der Waals surface area (Å²) in [7, 11) is -9.92. The number of ether oxygens (including phenoxy) is 4. The standard InChI is InChI=1S/C72H136O17P2/c1-8-10-11-12-13-14-15-16-17-18-19-26-33-41-48-55-71(76)88-67(59-82-69(74)53-46-39-32-25-21-20-24-31-38-45-52-65(7)9-2)61-86-90(78,79)84-57-66(73)58-85-91(80,81)87-62-68(60-83-70(75)54-47-40-35-28-30-37-44-51-64(5)6)89-72(77)56-49-42-34-27-22-23-29-36-43-50-63(3)4/h14-17,63-68,73H,8-13,18-62H2,1-7H3,(H,78,79)(H,80,81)/b15-14-,17-16-/t65?,66?,67-,68-/m1/s1. The molecular formula is C72H136O17P2. The van der Waals surface area contributed by atoms with Gasteiger partial charge in [0.1, 0.15) is 19.3 Å². The summed E-state index contributed by atoms with van der Waals surface area (Å²) in [6.07, 6.45) is 49.4. The third-order valence-electron chi connectivity index (χ3n) is 16.4. The van der Waals surface area contributed by atoms with Crippen molar-refractivity contribution in [1.82, 2.24) is 0 Å². The Morgan fingerprint density at radius 3 is 0.978 bits per heavy atom. The van der Waals surface area contributed by atoms with Crippen molar-refractivity contribution >= 4 is 39.5 Å². The Bertz CT molecular complexity index is 1880. The number of allylic oxidation sites excluding steroid dienone is 4. The molecule has 0 saturated carbocycles. The first kappa shape index (κ1) is 88.5. The van der Waals surface area contributed by atoms with Gasteiger partial charge in [0.15, 0.2) is 12.2 Å². The van der Waals surface area contributed by atoms with Crippen LogP contribution in [0.4, 0.5) is 0 Å². The van der Waals surface area contributed by atoms with E-state index in [1.165, 1.54) is 128 Å². The lowest BCUT2D eigenvalue weighted by Gasteiger charge is -2.21. The van der Waals surface area contributed by atoms with Gasteiger partial charge in [-0.3, -0.25) is 37.3 Å². The Hall–Kier alpha value is -2.46. The second kappa shape index (κ2) is 62.4. The lowest BCUT2D eigenvalue weighted by atomic mass is 9.99. The van der Waals surface area contributed by atoms with E-state index in [-0.39, 0.29) is 25.7 Å². The molecule has 0 spiro atoms. The lowest BCUT2D eigenvalue weighted by Crippen LogP contribution is -2.30. The van der Waals surface area contributed by atoms with Gasteiger partial charge in [-0.05, 0) is 69.1 Å². The number of phosphoric ester groups is 2. The van der Waals surface area contributed by atoms with Crippen molar-refractivity contribution in [2.75, 3.05) is 39.6 Å². The van der Waals surface area contributed by atoms with Gasteiger partial charge in [-0.2, -0.15) is 0 Å². The maximum absolute atomic E-state index is 13.0. The molecule has 19 heteroatoms. The minimum atomic E-state index is -4.96. The molecular weight excluding hydrogens is 1200 g/mol. The molecule has 6 atom stereocenters. The molecule has 536 valence electrons. The number of hydrogen-bond acceptors (Lipinski definition) is 15. The Labute approximate surface area is 554 Å². The molecule has 0 radical (unpaired) electrons. The van der Waals surface area contributed by atoms with Crippen LogP contribution in [0.5, 0.6) is 0 Å². The van der Waals surface area contributed by atoms with Gasteiger partial charge in [-0.1, -0.05) is 285 Å². The summed E-state index contributed by atoms with van der Waals surface area (Å²) in [4.78, 5) is 72.6. The maximum Gasteiger partial charge on any atom is 0.472 e. The number of aliphatic hydroxyl groups is 1. The van der Waals surface area contributed by atoms with E-state index in [0.29, 0.717) is 31.6 Å². The van der Waals surface area contributed by atoms with E-state index in [1.54, 1.807) is 0 Å². The van der Waals surface area contributed by atoms with E-state index >= 15 is 0 Å². The summed E-state index contributed by atoms with van der Waals surface area (Å²) < 4.78 is 68.3. The third-order valence-corrected chi connectivity index (χ3v) is 18.3. The van der Waals surface area contributed by atoms with Crippen LogP contribution in [-0.2, 0) is 65.4 Å². The van der Waals surface area contributed by atoms with Crippen LogP contribution in [0.25, 0.3) is 0 Å². The second-order valence-corrected chi connectivity index (χ2v) is 29.4. The summed E-state index contributed by atoms with van der Waals surface area (Å²) in [5.41, 5.74) is 0. The van der Waals surface area contributed by atoms with Crippen molar-refractivity contribution in [3.05, 3.63) is 24.3 Å². The molecule has 0 aliphatic carbocycles. The number of hydrogen-bond donors (Lipinski definition) is 3. The van der Waals surface area contributed by atoms with Gasteiger partial charge in [-0.25, -0.2) is 9.13 Å². The van der Waals surface area contributed by atoms with Crippen molar-refractivity contribution in [2.24, 2.45) is 17.8 Å². The molecule has 0 aromatic heterocycles. The fraction of sp³-hybridized carbons (Fsp3) is 0.889. The van der Waals surface area contributed by atoms with E-state index < -0.39 is 97.5 Å². The number of rotatable bonds is 68. The van der Waals surface area contributed by atoms with Crippen LogP contribution >= 0.6 is 15.6 Å². The lowest BCUT2D eigenvalue weighted by molar-refractivity contribution is -0.161. The first-order valence-electron chi connectivity index (χ1n) is 36.7. The molecule has 0 aliphatic heterocycles. The van der Waals surface area contributed by atoms with Crippen LogP contribution in [0.3, 0.4) is 0 Å². The highest BCUT2D eigenvalue weighted by molar-refractivity contribution is 7.47. The Morgan fingerprint density at radius 2 is 0.648 bits per heavy atom. The summed E-state index contributed by atoms with van der Waals surface area (Å²) in [6, 6.07) is 0. The molecule has 91 heavy (non-hydrogen) atoms. The molecule has 0 amide bonds. The molecule has 0 saturated heterocycles. The smallest absolute Gasteiger partial charge is 0.462 e. The Kier molecular flexibility index (Phi) is 60.7. The van der Waals surface area contributed by atoms with Gasteiger partial charge in [0.05, 0.1) is 26.4 Å². The topological polar surface area (TPSA) is 237 Å². The van der Waals surface area contributed by atoms with Crippen LogP contribution in [0, 0.1) is 17.8 Å². The van der Waals surface area contributed by atoms with Gasteiger partial charge in [0, 0.05) is 25.7 Å². The maximum atomic E-state index is 13.0. The minimum Gasteiger partial charge on any atom is -0.462 e. The highest BCUT2D eigenvalue weighted by atomic mass is 31.2. The summed E-state index contributed by atoms with van der Waals surface area (Å²) >= 11 is 0. The first-order chi connectivity index (χ1) is 43.8. The van der Waals surface area contributed by atoms with Crippen LogP contribution in [0.1, 0.15) is 337 Å². The van der Waals surface area contributed by atoms with Crippen LogP contribution in [0.15, 0.2) is 24.3 Å². The molecule has 3 N–H and O–H groups in total. The molecule has 0 aromatic carbocycles. The number of carbonyl (C=O) groups is 4. The largest absolute Gasteiger partial charge is 0.472 e. The fourth-order valence-corrected chi connectivity index (χ4v) is 11.9. The molecule has 0 rings (SSSR count). The van der Waals surface area contributed by atoms with Gasteiger partial charge in [0.2, 0.25) is 0 Å². The summed E-state index contributed by atoms with van der Waals surface area (Å²) in [6.45, 7) is 11.7. The SMILES string of the molecule is CCCCCC/C=C\C=C/CCCCCCCC(=O)O[C@H](COC(=O)CCCCCCCCCCCCC(C)CC)COP(=O)(O)OCC(O)COP(=O)(O)OC[C@@H](COC(=O)CCCCCCCCCC(C)C)OC(=O)CCCCCCCCCCCC(C)C. The number of carbonyl (C=O) groups excluding carboxylic acids is 4. The van der Waals surface area contributed by atoms with E-state index in [1.807, 2.05) is 0 Å². The molecule has 0 aliphatic rings.